The topological polar surface area (TPSA) is 36.7 Å². The van der Waals surface area contributed by atoms with Crippen molar-refractivity contribution in [3.8, 4) is 6.07 Å². The molecule has 2 heteroatoms. The third kappa shape index (κ3) is 2.20. The molecule has 0 saturated heterocycles. The van der Waals surface area contributed by atoms with Gasteiger partial charge >= 0.3 is 0 Å². The highest BCUT2D eigenvalue weighted by molar-refractivity contribution is 5.84. The summed E-state index contributed by atoms with van der Waals surface area (Å²) in [5.74, 6) is 0. The molecule has 0 aliphatic heterocycles. The van der Waals surface area contributed by atoms with Crippen LogP contribution in [0.4, 0.5) is 0 Å². The van der Waals surface area contributed by atoms with Gasteiger partial charge in [0, 0.05) is 11.6 Å². The van der Waals surface area contributed by atoms with Gasteiger partial charge < -0.3 is 0 Å². The molecule has 0 N–H and O–H groups in total. The summed E-state index contributed by atoms with van der Waals surface area (Å²) in [4.78, 5) is 4.25. The van der Waals surface area contributed by atoms with E-state index < -0.39 is 0 Å². The highest BCUT2D eigenvalue weighted by Crippen LogP contribution is 2.19. The summed E-state index contributed by atoms with van der Waals surface area (Å²) in [6.45, 7) is 7.99. The van der Waals surface area contributed by atoms with Crippen molar-refractivity contribution in [1.29, 1.82) is 5.26 Å². The van der Waals surface area contributed by atoms with E-state index in [0.717, 1.165) is 16.5 Å². The van der Waals surface area contributed by atoms with Crippen LogP contribution in [0, 0.1) is 25.2 Å². The second kappa shape index (κ2) is 5.27. The standard InChI is InChI=1S/C12H10N2.C2H6/c1-8-3-4-11-9(2)10(6-13)7-14-12(11)5-8;1-2/h3-5,7H,1-2H3;1-2H3. The zero-order valence-corrected chi connectivity index (χ0v) is 10.2. The van der Waals surface area contributed by atoms with Gasteiger partial charge in [0.25, 0.3) is 0 Å². The van der Waals surface area contributed by atoms with Gasteiger partial charge in [-0.3, -0.25) is 4.98 Å². The monoisotopic (exact) mass is 212 g/mol. The first-order valence-corrected chi connectivity index (χ1v) is 5.48. The van der Waals surface area contributed by atoms with Gasteiger partial charge in [0.05, 0.1) is 11.1 Å². The zero-order valence-electron chi connectivity index (χ0n) is 10.2. The number of benzene rings is 1. The van der Waals surface area contributed by atoms with E-state index in [2.05, 4.69) is 11.1 Å². The molecule has 82 valence electrons. The average Bonchev–Trinajstić information content (AvgIpc) is 2.32. The third-order valence-electron chi connectivity index (χ3n) is 2.41. The number of rotatable bonds is 0. The van der Waals surface area contributed by atoms with Crippen LogP contribution < -0.4 is 0 Å². The number of aromatic nitrogens is 1. The van der Waals surface area contributed by atoms with Crippen molar-refractivity contribution in [3.63, 3.8) is 0 Å². The largest absolute Gasteiger partial charge is 0.255 e. The first kappa shape index (κ1) is 12.2. The molecule has 0 spiro atoms. The molecule has 0 saturated carbocycles. The maximum atomic E-state index is 8.84. The fraction of sp³-hybridized carbons (Fsp3) is 0.286. The average molecular weight is 212 g/mol. The predicted molar refractivity (Wildman–Crippen MR) is 67.3 cm³/mol. The van der Waals surface area contributed by atoms with E-state index in [-0.39, 0.29) is 0 Å². The van der Waals surface area contributed by atoms with Crippen LogP contribution in [0.25, 0.3) is 10.9 Å². The Bertz CT molecular complexity index is 536. The molecule has 2 nitrogen and oxygen atoms in total. The Kier molecular flexibility index (Phi) is 4.02. The van der Waals surface area contributed by atoms with Crippen LogP contribution in [0.3, 0.4) is 0 Å². The quantitative estimate of drug-likeness (QED) is 0.666. The lowest BCUT2D eigenvalue weighted by Gasteiger charge is -2.03. The molecule has 2 rings (SSSR count). The molecule has 0 bridgehead atoms. The molecular weight excluding hydrogens is 196 g/mol. The minimum Gasteiger partial charge on any atom is -0.255 e. The second-order valence-corrected chi connectivity index (χ2v) is 3.43. The Morgan fingerprint density at radius 2 is 1.88 bits per heavy atom. The molecule has 0 amide bonds. The third-order valence-corrected chi connectivity index (χ3v) is 2.41. The summed E-state index contributed by atoms with van der Waals surface area (Å²) in [6.07, 6.45) is 1.64. The predicted octanol–water partition coefficient (Wildman–Crippen LogP) is 3.75. The van der Waals surface area contributed by atoms with Gasteiger partial charge in [0.1, 0.15) is 6.07 Å². The first-order chi connectivity index (χ1) is 7.72. The first-order valence-electron chi connectivity index (χ1n) is 5.48. The molecule has 0 fully saturated rings. The van der Waals surface area contributed by atoms with E-state index in [1.165, 1.54) is 5.56 Å². The van der Waals surface area contributed by atoms with Crippen LogP contribution in [0.5, 0.6) is 0 Å². The van der Waals surface area contributed by atoms with Crippen molar-refractivity contribution in [1.82, 2.24) is 4.98 Å². The number of nitrogens with zero attached hydrogens (tertiary/aromatic N) is 2. The van der Waals surface area contributed by atoms with Crippen molar-refractivity contribution in [2.45, 2.75) is 27.7 Å². The molecule has 0 aliphatic carbocycles. The van der Waals surface area contributed by atoms with Gasteiger partial charge in [0.15, 0.2) is 0 Å². The fourth-order valence-corrected chi connectivity index (χ4v) is 1.55. The van der Waals surface area contributed by atoms with Gasteiger partial charge in [-0.25, -0.2) is 0 Å². The van der Waals surface area contributed by atoms with Crippen LogP contribution in [-0.2, 0) is 0 Å². The Balaban J connectivity index is 0.000000606. The molecule has 0 unspecified atom stereocenters. The van der Waals surface area contributed by atoms with Crippen LogP contribution in [0.15, 0.2) is 24.4 Å². The molecule has 1 aromatic carbocycles. The van der Waals surface area contributed by atoms with Crippen molar-refractivity contribution in [2.24, 2.45) is 0 Å². The Hall–Kier alpha value is -1.88. The lowest BCUT2D eigenvalue weighted by Crippen LogP contribution is -1.88. The highest BCUT2D eigenvalue weighted by Gasteiger charge is 2.03. The van der Waals surface area contributed by atoms with E-state index in [1.807, 2.05) is 45.9 Å². The maximum Gasteiger partial charge on any atom is 0.101 e. The van der Waals surface area contributed by atoms with Crippen molar-refractivity contribution in [3.05, 3.63) is 41.1 Å². The van der Waals surface area contributed by atoms with Crippen LogP contribution in [0.1, 0.15) is 30.5 Å². The van der Waals surface area contributed by atoms with E-state index >= 15 is 0 Å². The van der Waals surface area contributed by atoms with Gasteiger partial charge in [0.2, 0.25) is 0 Å². The second-order valence-electron chi connectivity index (χ2n) is 3.43. The lowest BCUT2D eigenvalue weighted by molar-refractivity contribution is 1.31. The molecule has 0 atom stereocenters. The molecule has 16 heavy (non-hydrogen) atoms. The van der Waals surface area contributed by atoms with E-state index in [1.54, 1.807) is 6.20 Å². The Labute approximate surface area is 96.6 Å². The highest BCUT2D eigenvalue weighted by atomic mass is 14.7. The van der Waals surface area contributed by atoms with Crippen molar-refractivity contribution in [2.75, 3.05) is 0 Å². The van der Waals surface area contributed by atoms with Crippen LogP contribution in [-0.4, -0.2) is 4.98 Å². The van der Waals surface area contributed by atoms with Gasteiger partial charge in [-0.1, -0.05) is 26.0 Å². The number of fused-ring (bicyclic) bond motifs is 1. The number of nitriles is 1. The summed E-state index contributed by atoms with van der Waals surface area (Å²) in [7, 11) is 0. The molecule has 1 aromatic heterocycles. The summed E-state index contributed by atoms with van der Waals surface area (Å²) >= 11 is 0. The number of aryl methyl sites for hydroxylation is 2. The maximum absolute atomic E-state index is 8.84. The molecule has 1 heterocycles. The van der Waals surface area contributed by atoms with E-state index in [0.29, 0.717) is 5.56 Å². The van der Waals surface area contributed by atoms with Crippen LogP contribution >= 0.6 is 0 Å². The Morgan fingerprint density at radius 1 is 1.19 bits per heavy atom. The summed E-state index contributed by atoms with van der Waals surface area (Å²) < 4.78 is 0. The van der Waals surface area contributed by atoms with E-state index in [9.17, 15) is 0 Å². The molecular formula is C14H16N2. The SMILES string of the molecule is CC.Cc1ccc2c(C)c(C#N)cnc2c1. The smallest absolute Gasteiger partial charge is 0.101 e. The zero-order chi connectivity index (χ0) is 12.1. The van der Waals surface area contributed by atoms with Crippen molar-refractivity contribution >= 4 is 10.9 Å². The van der Waals surface area contributed by atoms with Gasteiger partial charge in [-0.15, -0.1) is 0 Å². The van der Waals surface area contributed by atoms with Crippen LogP contribution in [0.2, 0.25) is 0 Å². The fourth-order valence-electron chi connectivity index (χ4n) is 1.55. The molecule has 0 aliphatic rings. The summed E-state index contributed by atoms with van der Waals surface area (Å²) in [6, 6.07) is 8.23. The number of hydrogen-bond donors (Lipinski definition) is 0. The van der Waals surface area contributed by atoms with Gasteiger partial charge in [-0.05, 0) is 31.0 Å². The normalized spacial score (nSPS) is 9.19. The number of hydrogen-bond acceptors (Lipinski definition) is 2. The lowest BCUT2D eigenvalue weighted by atomic mass is 10.0. The van der Waals surface area contributed by atoms with Crippen molar-refractivity contribution < 1.29 is 0 Å². The minimum atomic E-state index is 0.654. The van der Waals surface area contributed by atoms with E-state index in [4.69, 9.17) is 5.26 Å². The molecule has 0 radical (unpaired) electrons. The minimum absolute atomic E-state index is 0.654. The summed E-state index contributed by atoms with van der Waals surface area (Å²) in [5, 5.41) is 9.91. The summed E-state index contributed by atoms with van der Waals surface area (Å²) in [5.41, 5.74) is 3.81. The van der Waals surface area contributed by atoms with Gasteiger partial charge in [-0.2, -0.15) is 5.26 Å². The Morgan fingerprint density at radius 3 is 2.50 bits per heavy atom. The number of pyridine rings is 1. The molecule has 2 aromatic rings.